The van der Waals surface area contributed by atoms with Crippen LogP contribution in [0, 0.1) is 11.7 Å². The number of para-hydroxylation sites is 1. The third-order valence-electron chi connectivity index (χ3n) is 5.96. The van der Waals surface area contributed by atoms with E-state index in [2.05, 4.69) is 11.0 Å². The molecule has 0 radical (unpaired) electrons. The van der Waals surface area contributed by atoms with Gasteiger partial charge in [0.05, 0.1) is 12.2 Å². The number of allylic oxidation sites excluding steroid dienone is 1. The van der Waals surface area contributed by atoms with E-state index in [0.29, 0.717) is 18.2 Å². The summed E-state index contributed by atoms with van der Waals surface area (Å²) in [6, 6.07) is 6.48. The van der Waals surface area contributed by atoms with Crippen LogP contribution >= 0.6 is 0 Å². The zero-order valence-electron chi connectivity index (χ0n) is 15.2. The summed E-state index contributed by atoms with van der Waals surface area (Å²) in [4.78, 5) is 16.9. The maximum atomic E-state index is 14.4. The van der Waals surface area contributed by atoms with E-state index in [1.165, 1.54) is 23.0 Å². The summed E-state index contributed by atoms with van der Waals surface area (Å²) < 4.78 is 20.3. The molecule has 0 saturated carbocycles. The van der Waals surface area contributed by atoms with Crippen molar-refractivity contribution < 1.29 is 13.9 Å². The van der Waals surface area contributed by atoms with Crippen LogP contribution in [0.4, 0.5) is 14.9 Å². The van der Waals surface area contributed by atoms with Crippen molar-refractivity contribution in [3.05, 3.63) is 41.7 Å². The van der Waals surface area contributed by atoms with Gasteiger partial charge in [-0.3, -0.25) is 9.80 Å². The third-order valence-corrected chi connectivity index (χ3v) is 5.96. The van der Waals surface area contributed by atoms with Gasteiger partial charge in [-0.1, -0.05) is 23.8 Å². The molecule has 1 amide bonds. The maximum absolute atomic E-state index is 14.4. The number of halogens is 1. The summed E-state index contributed by atoms with van der Waals surface area (Å²) in [5.74, 6) is 0.0649. The number of amides is 1. The Morgan fingerprint density at radius 2 is 2.04 bits per heavy atom. The van der Waals surface area contributed by atoms with Gasteiger partial charge in [0, 0.05) is 6.54 Å². The number of nitrogens with zero attached hydrogens (tertiary/aromatic N) is 2. The van der Waals surface area contributed by atoms with Crippen LogP contribution in [0.25, 0.3) is 0 Å². The molecule has 1 aromatic rings. The number of anilines is 1. The van der Waals surface area contributed by atoms with Gasteiger partial charge in [-0.25, -0.2) is 9.18 Å². The van der Waals surface area contributed by atoms with E-state index in [9.17, 15) is 9.18 Å². The standard InChI is InChI=1S/C21H27FN2O2/c22-18-8-4-5-9-19(18)24(14-16-6-2-1-3-7-16)21(25)26-20-15-23-12-10-17(20)11-13-23/h4-6,8-9,17,20H,1-3,7,10-15H2. The number of hydrogen-bond acceptors (Lipinski definition) is 3. The fourth-order valence-corrected chi connectivity index (χ4v) is 4.41. The number of rotatable bonds is 4. The second-order valence-electron chi connectivity index (χ2n) is 7.71. The normalized spacial score (nSPS) is 27.7. The molecule has 0 aromatic heterocycles. The number of benzene rings is 1. The second-order valence-corrected chi connectivity index (χ2v) is 7.71. The molecule has 26 heavy (non-hydrogen) atoms. The molecule has 0 N–H and O–H groups in total. The molecule has 5 rings (SSSR count). The maximum Gasteiger partial charge on any atom is 0.415 e. The molecular weight excluding hydrogens is 331 g/mol. The van der Waals surface area contributed by atoms with Gasteiger partial charge in [-0.15, -0.1) is 0 Å². The molecule has 0 spiro atoms. The fourth-order valence-electron chi connectivity index (χ4n) is 4.41. The first-order valence-corrected chi connectivity index (χ1v) is 9.83. The lowest BCUT2D eigenvalue weighted by molar-refractivity contribution is -0.0309. The van der Waals surface area contributed by atoms with Crippen molar-refractivity contribution in [2.45, 2.75) is 44.6 Å². The minimum absolute atomic E-state index is 0.0698. The third kappa shape index (κ3) is 3.78. The molecule has 1 aliphatic carbocycles. The monoisotopic (exact) mass is 358 g/mol. The minimum Gasteiger partial charge on any atom is -0.444 e. The lowest BCUT2D eigenvalue weighted by atomic mass is 9.86. The van der Waals surface area contributed by atoms with Crippen molar-refractivity contribution in [1.82, 2.24) is 4.90 Å². The summed E-state index contributed by atoms with van der Waals surface area (Å²) in [5, 5.41) is 0. The second kappa shape index (κ2) is 7.78. The van der Waals surface area contributed by atoms with Gasteiger partial charge in [0.15, 0.2) is 0 Å². The average molecular weight is 358 g/mol. The molecule has 2 bridgehead atoms. The van der Waals surface area contributed by atoms with Gasteiger partial charge in [0.2, 0.25) is 0 Å². The summed E-state index contributed by atoms with van der Waals surface area (Å²) in [7, 11) is 0. The topological polar surface area (TPSA) is 32.8 Å². The van der Waals surface area contributed by atoms with E-state index in [1.807, 2.05) is 0 Å². The zero-order valence-corrected chi connectivity index (χ0v) is 15.2. The summed E-state index contributed by atoms with van der Waals surface area (Å²) in [6.07, 6.45) is 8.20. The number of carbonyl (C=O) groups excluding carboxylic acids is 1. The zero-order chi connectivity index (χ0) is 17.9. The molecule has 5 heteroatoms. The Labute approximate surface area is 154 Å². The van der Waals surface area contributed by atoms with Crippen LogP contribution in [0.3, 0.4) is 0 Å². The van der Waals surface area contributed by atoms with Crippen LogP contribution in [-0.2, 0) is 4.74 Å². The van der Waals surface area contributed by atoms with Gasteiger partial charge in [-0.05, 0) is 69.7 Å². The number of carbonyl (C=O) groups is 1. The van der Waals surface area contributed by atoms with E-state index in [1.54, 1.807) is 18.2 Å². The molecule has 1 unspecified atom stereocenters. The number of hydrogen-bond donors (Lipinski definition) is 0. The van der Waals surface area contributed by atoms with Crippen molar-refractivity contribution in [3.8, 4) is 0 Å². The smallest absolute Gasteiger partial charge is 0.415 e. The molecule has 3 heterocycles. The highest BCUT2D eigenvalue weighted by atomic mass is 19.1. The Hall–Kier alpha value is -1.88. The number of piperidine rings is 3. The predicted octanol–water partition coefficient (Wildman–Crippen LogP) is 4.36. The van der Waals surface area contributed by atoms with Gasteiger partial charge in [0.1, 0.15) is 11.9 Å². The Morgan fingerprint density at radius 3 is 2.69 bits per heavy atom. The molecular formula is C21H27FN2O2. The van der Waals surface area contributed by atoms with Crippen LogP contribution in [-0.4, -0.2) is 43.3 Å². The first kappa shape index (κ1) is 17.5. The van der Waals surface area contributed by atoms with Crippen LogP contribution in [0.2, 0.25) is 0 Å². The number of fused-ring (bicyclic) bond motifs is 3. The quantitative estimate of drug-likeness (QED) is 0.750. The molecule has 140 valence electrons. The first-order valence-electron chi connectivity index (χ1n) is 9.83. The van der Waals surface area contributed by atoms with Gasteiger partial charge >= 0.3 is 6.09 Å². The van der Waals surface area contributed by atoms with Crippen molar-refractivity contribution in [2.24, 2.45) is 5.92 Å². The Bertz CT molecular complexity index is 682. The average Bonchev–Trinajstić information content (AvgIpc) is 2.68. The van der Waals surface area contributed by atoms with E-state index < -0.39 is 6.09 Å². The molecule has 3 saturated heterocycles. The van der Waals surface area contributed by atoms with E-state index in [4.69, 9.17) is 4.74 Å². The lowest BCUT2D eigenvalue weighted by Gasteiger charge is -2.44. The van der Waals surface area contributed by atoms with Crippen LogP contribution in [0.5, 0.6) is 0 Å². The van der Waals surface area contributed by atoms with E-state index in [-0.39, 0.29) is 11.9 Å². The van der Waals surface area contributed by atoms with Gasteiger partial charge < -0.3 is 4.74 Å². The molecule has 3 fully saturated rings. The first-order chi connectivity index (χ1) is 12.7. The van der Waals surface area contributed by atoms with Crippen molar-refractivity contribution >= 4 is 11.8 Å². The Kier molecular flexibility index (Phi) is 5.25. The predicted molar refractivity (Wildman–Crippen MR) is 99.7 cm³/mol. The van der Waals surface area contributed by atoms with E-state index in [0.717, 1.165) is 51.7 Å². The van der Waals surface area contributed by atoms with Crippen molar-refractivity contribution in [1.29, 1.82) is 0 Å². The summed E-state index contributed by atoms with van der Waals surface area (Å²) in [5.41, 5.74) is 1.51. The summed E-state index contributed by atoms with van der Waals surface area (Å²) in [6.45, 7) is 3.43. The minimum atomic E-state index is -0.416. The molecule has 1 atom stereocenters. The highest BCUT2D eigenvalue weighted by molar-refractivity contribution is 5.88. The Balaban J connectivity index is 1.52. The molecule has 1 aromatic carbocycles. The highest BCUT2D eigenvalue weighted by Gasteiger charge is 2.37. The highest BCUT2D eigenvalue weighted by Crippen LogP contribution is 2.31. The summed E-state index contributed by atoms with van der Waals surface area (Å²) >= 11 is 0. The fraction of sp³-hybridized carbons (Fsp3) is 0.571. The van der Waals surface area contributed by atoms with Crippen LogP contribution < -0.4 is 4.90 Å². The SMILES string of the molecule is O=C(OC1CN2CCC1CC2)N(CC1=CCCCC1)c1ccccc1F. The van der Waals surface area contributed by atoms with Crippen LogP contribution in [0.15, 0.2) is 35.9 Å². The molecule has 3 aliphatic heterocycles. The Morgan fingerprint density at radius 1 is 1.23 bits per heavy atom. The van der Waals surface area contributed by atoms with Crippen molar-refractivity contribution in [3.63, 3.8) is 0 Å². The van der Waals surface area contributed by atoms with Gasteiger partial charge in [-0.2, -0.15) is 0 Å². The molecule has 4 nitrogen and oxygen atoms in total. The lowest BCUT2D eigenvalue weighted by Crippen LogP contribution is -2.53. The van der Waals surface area contributed by atoms with Crippen LogP contribution in [0.1, 0.15) is 38.5 Å². The van der Waals surface area contributed by atoms with E-state index >= 15 is 0 Å². The molecule has 4 aliphatic rings. The van der Waals surface area contributed by atoms with Gasteiger partial charge in [0.25, 0.3) is 0 Å². The van der Waals surface area contributed by atoms with Crippen molar-refractivity contribution in [2.75, 3.05) is 31.1 Å². The number of ether oxygens (including phenoxy) is 1. The largest absolute Gasteiger partial charge is 0.444 e.